The summed E-state index contributed by atoms with van der Waals surface area (Å²) in [6.45, 7) is 2.22. The molecule has 0 aliphatic heterocycles. The molecule has 0 unspecified atom stereocenters. The summed E-state index contributed by atoms with van der Waals surface area (Å²) in [5, 5.41) is 0. The van der Waals surface area contributed by atoms with Gasteiger partial charge in [0.1, 0.15) is 5.75 Å². The summed E-state index contributed by atoms with van der Waals surface area (Å²) in [7, 11) is 1.84. The number of ether oxygens (including phenoxy) is 2. The zero-order valence-electron chi connectivity index (χ0n) is 17.8. The van der Waals surface area contributed by atoms with E-state index in [9.17, 15) is 4.79 Å². The fourth-order valence-corrected chi connectivity index (χ4v) is 5.12. The van der Waals surface area contributed by atoms with Crippen LogP contribution in [0.15, 0.2) is 24.3 Å². The highest BCUT2D eigenvalue weighted by Crippen LogP contribution is 2.40. The third-order valence-corrected chi connectivity index (χ3v) is 7.03. The SMILES string of the molecule is CCCCCc1ccc(OC(=O)C2CCC(C3CCC(OC)CC3)CC2)cc1. The van der Waals surface area contributed by atoms with Gasteiger partial charge in [-0.15, -0.1) is 0 Å². The highest BCUT2D eigenvalue weighted by molar-refractivity contribution is 5.75. The van der Waals surface area contributed by atoms with Crippen LogP contribution < -0.4 is 4.74 Å². The van der Waals surface area contributed by atoms with E-state index in [0.29, 0.717) is 11.9 Å². The molecule has 0 amide bonds. The monoisotopic (exact) mass is 386 g/mol. The molecule has 0 heterocycles. The van der Waals surface area contributed by atoms with Crippen molar-refractivity contribution in [2.24, 2.45) is 17.8 Å². The topological polar surface area (TPSA) is 35.5 Å². The molecule has 2 saturated carbocycles. The molecule has 0 N–H and O–H groups in total. The number of aryl methyl sites for hydroxylation is 1. The second kappa shape index (κ2) is 11.0. The summed E-state index contributed by atoms with van der Waals surface area (Å²) in [6, 6.07) is 8.12. The Hall–Kier alpha value is -1.35. The van der Waals surface area contributed by atoms with Gasteiger partial charge in [0.15, 0.2) is 0 Å². The third kappa shape index (κ3) is 6.07. The largest absolute Gasteiger partial charge is 0.426 e. The maximum Gasteiger partial charge on any atom is 0.314 e. The quantitative estimate of drug-likeness (QED) is 0.297. The van der Waals surface area contributed by atoms with Crippen molar-refractivity contribution in [3.8, 4) is 5.75 Å². The smallest absolute Gasteiger partial charge is 0.314 e. The zero-order valence-corrected chi connectivity index (χ0v) is 17.8. The second-order valence-corrected chi connectivity index (χ2v) is 8.91. The fraction of sp³-hybridized carbons (Fsp3) is 0.720. The number of carbonyl (C=O) groups excluding carboxylic acids is 1. The number of carbonyl (C=O) groups is 1. The minimum atomic E-state index is -0.0275. The summed E-state index contributed by atoms with van der Waals surface area (Å²) >= 11 is 0. The van der Waals surface area contributed by atoms with Gasteiger partial charge in [-0.05, 0) is 93.7 Å². The molecule has 3 heteroatoms. The number of unbranched alkanes of at least 4 members (excludes halogenated alkanes) is 2. The maximum atomic E-state index is 12.6. The first-order valence-electron chi connectivity index (χ1n) is 11.5. The van der Waals surface area contributed by atoms with Crippen LogP contribution in [0.3, 0.4) is 0 Å². The summed E-state index contributed by atoms with van der Waals surface area (Å²) < 4.78 is 11.2. The number of methoxy groups -OCH3 is 1. The predicted molar refractivity (Wildman–Crippen MR) is 114 cm³/mol. The van der Waals surface area contributed by atoms with Gasteiger partial charge in [0.05, 0.1) is 12.0 Å². The van der Waals surface area contributed by atoms with Crippen LogP contribution in [0.5, 0.6) is 5.75 Å². The molecular weight excluding hydrogens is 348 g/mol. The number of hydrogen-bond donors (Lipinski definition) is 0. The first-order chi connectivity index (χ1) is 13.7. The average Bonchev–Trinajstić information content (AvgIpc) is 2.75. The molecule has 3 nitrogen and oxygen atoms in total. The summed E-state index contributed by atoms with van der Waals surface area (Å²) in [5.41, 5.74) is 1.33. The van der Waals surface area contributed by atoms with E-state index in [1.54, 1.807) is 0 Å². The van der Waals surface area contributed by atoms with Gasteiger partial charge < -0.3 is 9.47 Å². The van der Waals surface area contributed by atoms with Crippen molar-refractivity contribution in [1.82, 2.24) is 0 Å². The molecule has 0 bridgehead atoms. The van der Waals surface area contributed by atoms with Gasteiger partial charge in [0.2, 0.25) is 0 Å². The van der Waals surface area contributed by atoms with Crippen molar-refractivity contribution in [2.45, 2.75) is 90.1 Å². The highest BCUT2D eigenvalue weighted by Gasteiger charge is 2.33. The van der Waals surface area contributed by atoms with Crippen molar-refractivity contribution >= 4 is 5.97 Å². The number of benzene rings is 1. The highest BCUT2D eigenvalue weighted by atomic mass is 16.5. The Kier molecular flexibility index (Phi) is 8.39. The van der Waals surface area contributed by atoms with E-state index in [-0.39, 0.29) is 11.9 Å². The molecule has 0 spiro atoms. The molecule has 28 heavy (non-hydrogen) atoms. The maximum absolute atomic E-state index is 12.6. The van der Waals surface area contributed by atoms with Crippen LogP contribution in [0.4, 0.5) is 0 Å². The van der Waals surface area contributed by atoms with Gasteiger partial charge in [-0.1, -0.05) is 31.9 Å². The Labute approximate surface area is 171 Å². The van der Waals surface area contributed by atoms with E-state index in [2.05, 4.69) is 19.1 Å². The van der Waals surface area contributed by atoms with Gasteiger partial charge in [0, 0.05) is 7.11 Å². The summed E-state index contributed by atoms with van der Waals surface area (Å²) in [4.78, 5) is 12.6. The number of hydrogen-bond acceptors (Lipinski definition) is 3. The molecular formula is C25H38O3. The standard InChI is InChI=1S/C25H38O3/c1-3-4-5-6-19-7-15-24(16-8-19)28-25(26)22-11-9-20(10-12-22)21-13-17-23(27-2)18-14-21/h7-8,15-16,20-23H,3-6,9-14,17-18H2,1-2H3. The molecule has 156 valence electrons. The van der Waals surface area contributed by atoms with Gasteiger partial charge in [0.25, 0.3) is 0 Å². The lowest BCUT2D eigenvalue weighted by Gasteiger charge is -2.37. The van der Waals surface area contributed by atoms with Crippen molar-refractivity contribution in [2.75, 3.05) is 7.11 Å². The molecule has 1 aromatic carbocycles. The van der Waals surface area contributed by atoms with Crippen molar-refractivity contribution in [3.05, 3.63) is 29.8 Å². The lowest BCUT2D eigenvalue weighted by molar-refractivity contribution is -0.140. The second-order valence-electron chi connectivity index (χ2n) is 8.91. The first-order valence-corrected chi connectivity index (χ1v) is 11.5. The van der Waals surface area contributed by atoms with Crippen molar-refractivity contribution < 1.29 is 14.3 Å². The first kappa shape index (κ1) is 21.4. The number of rotatable bonds is 8. The average molecular weight is 387 g/mol. The van der Waals surface area contributed by atoms with E-state index >= 15 is 0 Å². The Morgan fingerprint density at radius 2 is 1.50 bits per heavy atom. The van der Waals surface area contributed by atoms with Crippen molar-refractivity contribution in [3.63, 3.8) is 0 Å². The Morgan fingerprint density at radius 1 is 0.893 bits per heavy atom. The van der Waals surface area contributed by atoms with E-state index in [4.69, 9.17) is 9.47 Å². The van der Waals surface area contributed by atoms with Crippen LogP contribution in [-0.2, 0) is 16.0 Å². The van der Waals surface area contributed by atoms with Crippen molar-refractivity contribution in [1.29, 1.82) is 0 Å². The molecule has 1 aromatic rings. The van der Waals surface area contributed by atoms with Crippen LogP contribution >= 0.6 is 0 Å². The fourth-order valence-electron chi connectivity index (χ4n) is 5.12. The normalized spacial score (nSPS) is 28.1. The minimum Gasteiger partial charge on any atom is -0.426 e. The molecule has 2 aliphatic rings. The molecule has 0 atom stereocenters. The van der Waals surface area contributed by atoms with Gasteiger partial charge >= 0.3 is 5.97 Å². The van der Waals surface area contributed by atoms with Crippen LogP contribution in [0.2, 0.25) is 0 Å². The zero-order chi connectivity index (χ0) is 19.8. The van der Waals surface area contributed by atoms with Gasteiger partial charge in [-0.3, -0.25) is 4.79 Å². The van der Waals surface area contributed by atoms with Crippen LogP contribution in [0, 0.1) is 17.8 Å². The third-order valence-electron chi connectivity index (χ3n) is 7.03. The number of esters is 1. The molecule has 3 rings (SSSR count). The van der Waals surface area contributed by atoms with Crippen LogP contribution in [0.25, 0.3) is 0 Å². The lowest BCUT2D eigenvalue weighted by Crippen LogP contribution is -2.31. The molecule has 0 radical (unpaired) electrons. The van der Waals surface area contributed by atoms with Crippen LogP contribution in [0.1, 0.15) is 83.1 Å². The van der Waals surface area contributed by atoms with Crippen LogP contribution in [-0.4, -0.2) is 19.2 Å². The molecule has 0 aromatic heterocycles. The van der Waals surface area contributed by atoms with Gasteiger partial charge in [-0.2, -0.15) is 0 Å². The van der Waals surface area contributed by atoms with E-state index in [1.807, 2.05) is 19.2 Å². The Morgan fingerprint density at radius 3 is 2.07 bits per heavy atom. The Balaban J connectivity index is 1.40. The lowest BCUT2D eigenvalue weighted by atomic mass is 9.70. The van der Waals surface area contributed by atoms with Gasteiger partial charge in [-0.25, -0.2) is 0 Å². The van der Waals surface area contributed by atoms with E-state index in [1.165, 1.54) is 63.4 Å². The minimum absolute atomic E-state index is 0.0275. The van der Waals surface area contributed by atoms with E-state index < -0.39 is 0 Å². The predicted octanol–water partition coefficient (Wildman–Crippen LogP) is 6.34. The molecule has 2 aliphatic carbocycles. The summed E-state index contributed by atoms with van der Waals surface area (Å²) in [6.07, 6.45) is 14.7. The molecule has 2 fully saturated rings. The summed E-state index contributed by atoms with van der Waals surface area (Å²) in [5.74, 6) is 2.38. The Bertz CT molecular complexity index is 578. The van der Waals surface area contributed by atoms with E-state index in [0.717, 1.165) is 31.1 Å². The molecule has 0 saturated heterocycles.